The number of benzene rings is 1. The van der Waals surface area contributed by atoms with Crippen LogP contribution in [0.1, 0.15) is 36.9 Å². The Morgan fingerprint density at radius 2 is 2.00 bits per heavy atom. The molecule has 0 spiro atoms. The molecule has 1 aliphatic rings. The molecule has 0 bridgehead atoms. The molecule has 0 unspecified atom stereocenters. The summed E-state index contributed by atoms with van der Waals surface area (Å²) in [5, 5.41) is 4.80. The Morgan fingerprint density at radius 3 is 2.76 bits per heavy atom. The molecular weight excluding hydrogens is 208 g/mol. The van der Waals surface area contributed by atoms with E-state index in [2.05, 4.69) is 41.5 Å². The molecule has 3 rings (SSSR count). The van der Waals surface area contributed by atoms with Gasteiger partial charge < -0.3 is 10.3 Å². The highest BCUT2D eigenvalue weighted by Gasteiger charge is 2.16. The molecule has 1 fully saturated rings. The van der Waals surface area contributed by atoms with E-state index < -0.39 is 0 Å². The lowest BCUT2D eigenvalue weighted by Crippen LogP contribution is -2.26. The Morgan fingerprint density at radius 1 is 1.18 bits per heavy atom. The molecule has 17 heavy (non-hydrogen) atoms. The van der Waals surface area contributed by atoms with Gasteiger partial charge in [-0.2, -0.15) is 0 Å². The molecular formula is C15H20N2. The Hall–Kier alpha value is -1.28. The van der Waals surface area contributed by atoms with Crippen molar-refractivity contribution in [2.75, 3.05) is 13.1 Å². The van der Waals surface area contributed by atoms with E-state index >= 15 is 0 Å². The number of H-pyrrole nitrogens is 1. The minimum atomic E-state index is 0.716. The van der Waals surface area contributed by atoms with E-state index in [0.717, 1.165) is 19.5 Å². The minimum absolute atomic E-state index is 0.716. The lowest BCUT2D eigenvalue weighted by Gasteiger charge is -2.21. The zero-order valence-electron chi connectivity index (χ0n) is 10.4. The van der Waals surface area contributed by atoms with E-state index in [1.807, 2.05) is 0 Å². The van der Waals surface area contributed by atoms with Crippen molar-refractivity contribution in [3.63, 3.8) is 0 Å². The number of fused-ring (bicyclic) bond motifs is 1. The van der Waals surface area contributed by atoms with Crippen molar-refractivity contribution >= 4 is 10.9 Å². The summed E-state index contributed by atoms with van der Waals surface area (Å²) in [7, 11) is 0. The molecule has 2 nitrogen and oxygen atoms in total. The van der Waals surface area contributed by atoms with Crippen LogP contribution < -0.4 is 5.32 Å². The quantitative estimate of drug-likeness (QED) is 0.811. The molecule has 0 radical (unpaired) electrons. The van der Waals surface area contributed by atoms with Crippen LogP contribution in [-0.2, 0) is 6.42 Å². The molecule has 2 aromatic rings. The van der Waals surface area contributed by atoms with Gasteiger partial charge in [-0.3, -0.25) is 0 Å². The molecule has 2 N–H and O–H groups in total. The molecule has 2 heteroatoms. The summed E-state index contributed by atoms with van der Waals surface area (Å²) in [6, 6.07) is 9.12. The van der Waals surface area contributed by atoms with Gasteiger partial charge in [-0.25, -0.2) is 0 Å². The van der Waals surface area contributed by atoms with Crippen LogP contribution in [0.3, 0.4) is 0 Å². The molecule has 1 aromatic carbocycles. The summed E-state index contributed by atoms with van der Waals surface area (Å²) in [6.45, 7) is 4.52. The van der Waals surface area contributed by atoms with Gasteiger partial charge in [-0.1, -0.05) is 13.0 Å². The summed E-state index contributed by atoms with van der Waals surface area (Å²) >= 11 is 0. The lowest BCUT2D eigenvalue weighted by atomic mass is 9.95. The second kappa shape index (κ2) is 4.53. The van der Waals surface area contributed by atoms with E-state index in [1.54, 1.807) is 0 Å². The minimum Gasteiger partial charge on any atom is -0.358 e. The van der Waals surface area contributed by atoms with E-state index in [4.69, 9.17) is 0 Å². The first-order valence-corrected chi connectivity index (χ1v) is 6.69. The summed E-state index contributed by atoms with van der Waals surface area (Å²) in [5.41, 5.74) is 4.14. The van der Waals surface area contributed by atoms with Crippen molar-refractivity contribution in [3.05, 3.63) is 35.5 Å². The fourth-order valence-corrected chi connectivity index (χ4v) is 2.78. The number of aromatic nitrogens is 1. The van der Waals surface area contributed by atoms with Crippen LogP contribution in [0.2, 0.25) is 0 Å². The van der Waals surface area contributed by atoms with Gasteiger partial charge in [-0.05, 0) is 61.5 Å². The smallest absolute Gasteiger partial charge is 0.0456 e. The fraction of sp³-hybridized carbons (Fsp3) is 0.467. The number of aromatic amines is 1. The number of nitrogens with one attached hydrogen (secondary N) is 2. The predicted molar refractivity (Wildman–Crippen MR) is 72.5 cm³/mol. The molecule has 0 aliphatic carbocycles. The molecule has 0 saturated carbocycles. The van der Waals surface area contributed by atoms with Gasteiger partial charge in [0.15, 0.2) is 0 Å². The van der Waals surface area contributed by atoms with Gasteiger partial charge in [0, 0.05) is 17.1 Å². The highest BCUT2D eigenvalue weighted by molar-refractivity contribution is 5.81. The van der Waals surface area contributed by atoms with Gasteiger partial charge in [0.1, 0.15) is 0 Å². The average Bonchev–Trinajstić information content (AvgIpc) is 2.82. The number of hydrogen-bond donors (Lipinski definition) is 2. The number of rotatable bonds is 2. The number of piperidine rings is 1. The highest BCUT2D eigenvalue weighted by Crippen LogP contribution is 2.28. The Bertz CT molecular complexity index is 507. The normalized spacial score (nSPS) is 17.7. The molecule has 0 amide bonds. The first-order chi connectivity index (χ1) is 8.36. The third kappa shape index (κ3) is 2.09. The summed E-state index contributed by atoms with van der Waals surface area (Å²) in [6.07, 6.45) is 3.63. The molecule has 1 saturated heterocycles. The standard InChI is InChI=1S/C15H20N2/c1-2-11-3-4-14-13(9-11)10-15(17-14)12-5-7-16-8-6-12/h3-4,9-10,12,16-17H,2,5-8H2,1H3. The van der Waals surface area contributed by atoms with Gasteiger partial charge in [0.2, 0.25) is 0 Å². The molecule has 2 heterocycles. The van der Waals surface area contributed by atoms with E-state index in [9.17, 15) is 0 Å². The third-order valence-electron chi connectivity index (χ3n) is 3.89. The topological polar surface area (TPSA) is 27.8 Å². The maximum Gasteiger partial charge on any atom is 0.0456 e. The summed E-state index contributed by atoms with van der Waals surface area (Å²) < 4.78 is 0. The van der Waals surface area contributed by atoms with E-state index in [-0.39, 0.29) is 0 Å². The van der Waals surface area contributed by atoms with Crippen molar-refractivity contribution in [1.82, 2.24) is 10.3 Å². The average molecular weight is 228 g/mol. The second-order valence-electron chi connectivity index (χ2n) is 5.02. The van der Waals surface area contributed by atoms with Crippen molar-refractivity contribution in [2.24, 2.45) is 0 Å². The fourth-order valence-electron chi connectivity index (χ4n) is 2.78. The first kappa shape index (κ1) is 10.8. The second-order valence-corrected chi connectivity index (χ2v) is 5.02. The predicted octanol–water partition coefficient (Wildman–Crippen LogP) is 3.20. The summed E-state index contributed by atoms with van der Waals surface area (Å²) in [4.78, 5) is 3.59. The lowest BCUT2D eigenvalue weighted by molar-refractivity contribution is 0.455. The molecule has 90 valence electrons. The van der Waals surface area contributed by atoms with Crippen LogP contribution in [0.5, 0.6) is 0 Å². The van der Waals surface area contributed by atoms with Crippen LogP contribution >= 0.6 is 0 Å². The van der Waals surface area contributed by atoms with Crippen molar-refractivity contribution in [1.29, 1.82) is 0 Å². The van der Waals surface area contributed by atoms with E-state index in [0.29, 0.717) is 5.92 Å². The van der Waals surface area contributed by atoms with Crippen LogP contribution in [0.25, 0.3) is 10.9 Å². The van der Waals surface area contributed by atoms with Crippen molar-refractivity contribution < 1.29 is 0 Å². The summed E-state index contributed by atoms with van der Waals surface area (Å²) in [5.74, 6) is 0.716. The maximum absolute atomic E-state index is 3.59. The zero-order valence-corrected chi connectivity index (χ0v) is 10.4. The van der Waals surface area contributed by atoms with Crippen LogP contribution in [0.15, 0.2) is 24.3 Å². The maximum atomic E-state index is 3.59. The Kier molecular flexibility index (Phi) is 2.89. The van der Waals surface area contributed by atoms with Crippen LogP contribution in [0, 0.1) is 0 Å². The molecule has 0 atom stereocenters. The molecule has 1 aromatic heterocycles. The Balaban J connectivity index is 1.95. The molecule has 1 aliphatic heterocycles. The van der Waals surface area contributed by atoms with Gasteiger partial charge in [0.05, 0.1) is 0 Å². The third-order valence-corrected chi connectivity index (χ3v) is 3.89. The van der Waals surface area contributed by atoms with Crippen molar-refractivity contribution in [2.45, 2.75) is 32.1 Å². The van der Waals surface area contributed by atoms with E-state index in [1.165, 1.54) is 35.0 Å². The van der Waals surface area contributed by atoms with Crippen LogP contribution in [-0.4, -0.2) is 18.1 Å². The SMILES string of the molecule is CCc1ccc2[nH]c(C3CCNCC3)cc2c1. The highest BCUT2D eigenvalue weighted by atomic mass is 14.9. The number of aryl methyl sites for hydroxylation is 1. The van der Waals surface area contributed by atoms with Gasteiger partial charge in [0.25, 0.3) is 0 Å². The monoisotopic (exact) mass is 228 g/mol. The largest absolute Gasteiger partial charge is 0.358 e. The zero-order chi connectivity index (χ0) is 11.7. The van der Waals surface area contributed by atoms with Gasteiger partial charge >= 0.3 is 0 Å². The number of hydrogen-bond acceptors (Lipinski definition) is 1. The van der Waals surface area contributed by atoms with Crippen LogP contribution in [0.4, 0.5) is 0 Å². The van der Waals surface area contributed by atoms with Gasteiger partial charge in [-0.15, -0.1) is 0 Å². The van der Waals surface area contributed by atoms with Crippen molar-refractivity contribution in [3.8, 4) is 0 Å². The first-order valence-electron chi connectivity index (χ1n) is 6.69. The Labute approximate surface area is 102 Å².